The molecule has 18 heavy (non-hydrogen) atoms. The Labute approximate surface area is 106 Å². The third kappa shape index (κ3) is 2.62. The van der Waals surface area contributed by atoms with Crippen molar-refractivity contribution in [3.63, 3.8) is 0 Å². The first kappa shape index (κ1) is 12.8. The Morgan fingerprint density at radius 1 is 1.61 bits per heavy atom. The average molecular weight is 254 g/mol. The van der Waals surface area contributed by atoms with Crippen molar-refractivity contribution in [1.29, 1.82) is 0 Å². The van der Waals surface area contributed by atoms with Gasteiger partial charge in [0.25, 0.3) is 0 Å². The van der Waals surface area contributed by atoms with E-state index in [1.54, 1.807) is 0 Å². The predicted molar refractivity (Wildman–Crippen MR) is 66.7 cm³/mol. The van der Waals surface area contributed by atoms with Crippen molar-refractivity contribution < 1.29 is 14.6 Å². The number of ether oxygens (including phenoxy) is 2. The zero-order valence-corrected chi connectivity index (χ0v) is 10.4. The fourth-order valence-corrected chi connectivity index (χ4v) is 1.90. The van der Waals surface area contributed by atoms with E-state index in [-0.39, 0.29) is 12.7 Å². The van der Waals surface area contributed by atoms with Crippen LogP contribution < -0.4 is 15.4 Å². The number of nitrogens with zero attached hydrogens (tertiary/aromatic N) is 3. The van der Waals surface area contributed by atoms with Crippen LogP contribution in [0.4, 0.5) is 11.5 Å². The van der Waals surface area contributed by atoms with Crippen LogP contribution in [-0.2, 0) is 4.74 Å². The fourth-order valence-electron chi connectivity index (χ4n) is 1.90. The van der Waals surface area contributed by atoms with Crippen LogP contribution in [0.1, 0.15) is 6.92 Å². The summed E-state index contributed by atoms with van der Waals surface area (Å²) in [5.41, 5.74) is 6.42. The Morgan fingerprint density at radius 2 is 2.44 bits per heavy atom. The molecular formula is C11H18N4O3. The molecule has 100 valence electrons. The normalized spacial score (nSPS) is 19.9. The SMILES string of the molecule is CCOc1ncnc(N2CCOC(CO)C2)c1N. The highest BCUT2D eigenvalue weighted by atomic mass is 16.5. The van der Waals surface area contributed by atoms with Crippen LogP contribution in [-0.4, -0.2) is 54.1 Å². The summed E-state index contributed by atoms with van der Waals surface area (Å²) in [7, 11) is 0. The Hall–Kier alpha value is -1.60. The van der Waals surface area contributed by atoms with Crippen molar-refractivity contribution >= 4 is 11.5 Å². The number of hydrogen-bond donors (Lipinski definition) is 2. The lowest BCUT2D eigenvalue weighted by Crippen LogP contribution is -2.44. The van der Waals surface area contributed by atoms with Gasteiger partial charge in [-0.1, -0.05) is 0 Å². The number of rotatable bonds is 4. The van der Waals surface area contributed by atoms with Gasteiger partial charge in [-0.3, -0.25) is 0 Å². The first-order valence-corrected chi connectivity index (χ1v) is 5.97. The maximum atomic E-state index is 9.12. The van der Waals surface area contributed by atoms with Crippen LogP contribution in [0.2, 0.25) is 0 Å². The van der Waals surface area contributed by atoms with Gasteiger partial charge in [0.1, 0.15) is 12.0 Å². The van der Waals surface area contributed by atoms with Crippen LogP contribution in [0, 0.1) is 0 Å². The van der Waals surface area contributed by atoms with Crippen LogP contribution in [0.5, 0.6) is 5.88 Å². The van der Waals surface area contributed by atoms with Gasteiger partial charge >= 0.3 is 0 Å². The summed E-state index contributed by atoms with van der Waals surface area (Å²) in [4.78, 5) is 10.2. The van der Waals surface area contributed by atoms with E-state index >= 15 is 0 Å². The zero-order valence-electron chi connectivity index (χ0n) is 10.4. The molecule has 1 saturated heterocycles. The lowest BCUT2D eigenvalue weighted by atomic mass is 10.2. The molecule has 1 aromatic rings. The molecular weight excluding hydrogens is 236 g/mol. The molecule has 0 saturated carbocycles. The summed E-state index contributed by atoms with van der Waals surface area (Å²) in [6, 6.07) is 0. The van der Waals surface area contributed by atoms with Gasteiger partial charge in [-0.25, -0.2) is 4.98 Å². The highest BCUT2D eigenvalue weighted by molar-refractivity contribution is 5.67. The number of hydrogen-bond acceptors (Lipinski definition) is 7. The van der Waals surface area contributed by atoms with E-state index in [1.807, 2.05) is 11.8 Å². The van der Waals surface area contributed by atoms with Gasteiger partial charge in [-0.15, -0.1) is 0 Å². The fraction of sp³-hybridized carbons (Fsp3) is 0.636. The Morgan fingerprint density at radius 3 is 3.17 bits per heavy atom. The summed E-state index contributed by atoms with van der Waals surface area (Å²) >= 11 is 0. The molecule has 0 spiro atoms. The first-order valence-electron chi connectivity index (χ1n) is 5.97. The van der Waals surface area contributed by atoms with Gasteiger partial charge < -0.3 is 25.2 Å². The second kappa shape index (κ2) is 5.83. The molecule has 0 aliphatic carbocycles. The van der Waals surface area contributed by atoms with Gasteiger partial charge in [-0.2, -0.15) is 4.98 Å². The number of aliphatic hydroxyl groups excluding tert-OH is 1. The summed E-state index contributed by atoms with van der Waals surface area (Å²) < 4.78 is 10.7. The third-order valence-electron chi connectivity index (χ3n) is 2.75. The van der Waals surface area contributed by atoms with Crippen LogP contribution in [0.15, 0.2) is 6.33 Å². The van der Waals surface area contributed by atoms with Gasteiger partial charge in [0.05, 0.1) is 25.9 Å². The zero-order chi connectivity index (χ0) is 13.0. The minimum absolute atomic E-state index is 0.0141. The largest absolute Gasteiger partial charge is 0.476 e. The van der Waals surface area contributed by atoms with Crippen molar-refractivity contribution in [1.82, 2.24) is 9.97 Å². The molecule has 0 radical (unpaired) electrons. The van der Waals surface area contributed by atoms with Crippen molar-refractivity contribution in [3.8, 4) is 5.88 Å². The maximum absolute atomic E-state index is 9.12. The average Bonchev–Trinajstić information content (AvgIpc) is 2.41. The summed E-state index contributed by atoms with van der Waals surface area (Å²) in [6.07, 6.45) is 1.23. The van der Waals surface area contributed by atoms with E-state index in [0.29, 0.717) is 43.7 Å². The van der Waals surface area contributed by atoms with E-state index in [1.165, 1.54) is 6.33 Å². The summed E-state index contributed by atoms with van der Waals surface area (Å²) in [6.45, 7) is 4.14. The molecule has 1 aliphatic rings. The molecule has 0 bridgehead atoms. The Balaban J connectivity index is 2.19. The van der Waals surface area contributed by atoms with Gasteiger partial charge in [0.15, 0.2) is 5.82 Å². The molecule has 0 amide bonds. The van der Waals surface area contributed by atoms with Crippen LogP contribution >= 0.6 is 0 Å². The quantitative estimate of drug-likeness (QED) is 0.758. The smallest absolute Gasteiger partial charge is 0.242 e. The molecule has 1 unspecified atom stereocenters. The molecule has 1 aliphatic heterocycles. The van der Waals surface area contributed by atoms with Crippen molar-refractivity contribution in [2.75, 3.05) is 43.5 Å². The Kier molecular flexibility index (Phi) is 4.16. The van der Waals surface area contributed by atoms with Gasteiger partial charge in [0.2, 0.25) is 5.88 Å². The summed E-state index contributed by atoms with van der Waals surface area (Å²) in [5.74, 6) is 1.03. The molecule has 7 heteroatoms. The highest BCUT2D eigenvalue weighted by Gasteiger charge is 2.23. The minimum atomic E-state index is -0.205. The second-order valence-corrected chi connectivity index (χ2v) is 3.97. The third-order valence-corrected chi connectivity index (χ3v) is 2.75. The van der Waals surface area contributed by atoms with Crippen molar-refractivity contribution in [2.45, 2.75) is 13.0 Å². The number of aromatic nitrogens is 2. The number of nitrogens with two attached hydrogens (primary N) is 1. The minimum Gasteiger partial charge on any atom is -0.476 e. The van der Waals surface area contributed by atoms with Gasteiger partial charge in [0, 0.05) is 13.1 Å². The number of anilines is 2. The van der Waals surface area contributed by atoms with Gasteiger partial charge in [-0.05, 0) is 6.92 Å². The summed E-state index contributed by atoms with van der Waals surface area (Å²) in [5, 5.41) is 9.12. The molecule has 1 atom stereocenters. The lowest BCUT2D eigenvalue weighted by Gasteiger charge is -2.33. The highest BCUT2D eigenvalue weighted by Crippen LogP contribution is 2.28. The standard InChI is InChI=1S/C11H18N4O3/c1-2-17-11-9(12)10(13-7-14-11)15-3-4-18-8(5-15)6-16/h7-8,16H,2-6,12H2,1H3. The van der Waals surface area contributed by atoms with E-state index in [4.69, 9.17) is 20.3 Å². The molecule has 3 N–H and O–H groups in total. The first-order chi connectivity index (χ1) is 8.76. The van der Waals surface area contributed by atoms with E-state index < -0.39 is 0 Å². The molecule has 2 rings (SSSR count). The predicted octanol–water partition coefficient (Wildman–Crippen LogP) is -0.345. The van der Waals surface area contributed by atoms with Crippen molar-refractivity contribution in [2.24, 2.45) is 0 Å². The lowest BCUT2D eigenvalue weighted by molar-refractivity contribution is 0.00338. The molecule has 0 aromatic carbocycles. The molecule has 1 aromatic heterocycles. The molecule has 2 heterocycles. The number of nitrogen functional groups attached to an aromatic ring is 1. The molecule has 7 nitrogen and oxygen atoms in total. The van der Waals surface area contributed by atoms with Crippen LogP contribution in [0.25, 0.3) is 0 Å². The number of morpholine rings is 1. The van der Waals surface area contributed by atoms with Crippen LogP contribution in [0.3, 0.4) is 0 Å². The number of aliphatic hydroxyl groups is 1. The topological polar surface area (TPSA) is 93.7 Å². The Bertz CT molecular complexity index is 402. The van der Waals surface area contributed by atoms with Crippen molar-refractivity contribution in [3.05, 3.63) is 6.33 Å². The second-order valence-electron chi connectivity index (χ2n) is 3.97. The van der Waals surface area contributed by atoms with E-state index in [2.05, 4.69) is 9.97 Å². The van der Waals surface area contributed by atoms with E-state index in [9.17, 15) is 0 Å². The maximum Gasteiger partial charge on any atom is 0.242 e. The van der Waals surface area contributed by atoms with E-state index in [0.717, 1.165) is 0 Å². The monoisotopic (exact) mass is 254 g/mol. The molecule has 1 fully saturated rings.